The minimum absolute atomic E-state index is 0.224. The van der Waals surface area contributed by atoms with Crippen LogP contribution >= 0.6 is 11.3 Å². The highest BCUT2D eigenvalue weighted by Crippen LogP contribution is 2.32. The van der Waals surface area contributed by atoms with Crippen LogP contribution in [0.25, 0.3) is 10.2 Å². The second kappa shape index (κ2) is 5.18. The van der Waals surface area contributed by atoms with E-state index in [1.807, 2.05) is 7.05 Å². The van der Waals surface area contributed by atoms with E-state index in [0.29, 0.717) is 5.95 Å². The van der Waals surface area contributed by atoms with Crippen molar-refractivity contribution in [3.05, 3.63) is 10.9 Å². The van der Waals surface area contributed by atoms with Crippen LogP contribution in [0.3, 0.4) is 0 Å². The number of thiophene rings is 1. The fourth-order valence-electron chi connectivity index (χ4n) is 2.73. The van der Waals surface area contributed by atoms with Gasteiger partial charge in [0, 0.05) is 25.0 Å². The van der Waals surface area contributed by atoms with Crippen LogP contribution in [-0.2, 0) is 4.74 Å². The highest BCUT2D eigenvalue weighted by Gasteiger charge is 2.25. The van der Waals surface area contributed by atoms with Gasteiger partial charge in [0.1, 0.15) is 10.6 Å². The molecule has 2 aromatic heterocycles. The van der Waals surface area contributed by atoms with E-state index < -0.39 is 0 Å². The molecule has 1 fully saturated rings. The van der Waals surface area contributed by atoms with E-state index in [4.69, 9.17) is 4.74 Å². The van der Waals surface area contributed by atoms with E-state index in [0.717, 1.165) is 29.1 Å². The number of aromatic nitrogens is 2. The third-order valence-corrected chi connectivity index (χ3v) is 4.38. The van der Waals surface area contributed by atoms with Crippen LogP contribution in [-0.4, -0.2) is 42.3 Å². The Morgan fingerprint density at radius 3 is 2.65 bits per heavy atom. The van der Waals surface area contributed by atoms with Gasteiger partial charge in [-0.25, -0.2) is 4.98 Å². The van der Waals surface area contributed by atoms with Crippen molar-refractivity contribution in [2.24, 2.45) is 0 Å². The van der Waals surface area contributed by atoms with Crippen molar-refractivity contribution in [3.8, 4) is 0 Å². The summed E-state index contributed by atoms with van der Waals surface area (Å²) in [5.74, 6) is 1.70. The van der Waals surface area contributed by atoms with Gasteiger partial charge in [0.2, 0.25) is 5.95 Å². The number of hydrogen-bond donors (Lipinski definition) is 1. The molecule has 1 aliphatic rings. The van der Waals surface area contributed by atoms with E-state index in [9.17, 15) is 0 Å². The van der Waals surface area contributed by atoms with E-state index >= 15 is 0 Å². The van der Waals surface area contributed by atoms with Gasteiger partial charge in [-0.15, -0.1) is 11.3 Å². The maximum absolute atomic E-state index is 5.81. The zero-order chi connectivity index (χ0) is 14.3. The summed E-state index contributed by atoms with van der Waals surface area (Å²) in [6.45, 7) is 8.07. The lowest BCUT2D eigenvalue weighted by atomic mass is 10.2. The molecule has 20 heavy (non-hydrogen) atoms. The summed E-state index contributed by atoms with van der Waals surface area (Å²) in [7, 11) is 1.86. The first-order valence-electron chi connectivity index (χ1n) is 6.93. The maximum atomic E-state index is 5.81. The second-order valence-corrected chi connectivity index (χ2v) is 6.59. The van der Waals surface area contributed by atoms with E-state index in [2.05, 4.69) is 47.0 Å². The minimum atomic E-state index is 0.224. The molecular formula is C14H20N4OS. The molecule has 0 saturated carbocycles. The van der Waals surface area contributed by atoms with Gasteiger partial charge < -0.3 is 15.0 Å². The average Bonchev–Trinajstić information content (AvgIpc) is 2.76. The molecule has 3 rings (SSSR count). The van der Waals surface area contributed by atoms with Crippen molar-refractivity contribution in [1.29, 1.82) is 0 Å². The summed E-state index contributed by atoms with van der Waals surface area (Å²) in [6.07, 6.45) is 0.447. The SMILES string of the molecule is CNc1nc(N2C[C@@H](C)O[C@@H](C)C2)c2cc(C)sc2n1. The lowest BCUT2D eigenvalue weighted by Gasteiger charge is -2.36. The Morgan fingerprint density at radius 1 is 1.30 bits per heavy atom. The Morgan fingerprint density at radius 2 is 2.00 bits per heavy atom. The molecule has 1 N–H and O–H groups in total. The molecule has 0 radical (unpaired) electrons. The summed E-state index contributed by atoms with van der Waals surface area (Å²) in [5.41, 5.74) is 0. The molecule has 1 aliphatic heterocycles. The van der Waals surface area contributed by atoms with Gasteiger partial charge in [-0.3, -0.25) is 0 Å². The summed E-state index contributed by atoms with van der Waals surface area (Å²) in [4.78, 5) is 13.8. The Bertz CT molecular complexity index is 617. The Hall–Kier alpha value is -1.40. The molecule has 3 heterocycles. The highest BCUT2D eigenvalue weighted by molar-refractivity contribution is 7.18. The van der Waals surface area contributed by atoms with Crippen LogP contribution in [0.1, 0.15) is 18.7 Å². The van der Waals surface area contributed by atoms with E-state index in [-0.39, 0.29) is 12.2 Å². The zero-order valence-corrected chi connectivity index (χ0v) is 13.1. The number of fused-ring (bicyclic) bond motifs is 1. The molecule has 0 spiro atoms. The molecule has 0 bridgehead atoms. The molecular weight excluding hydrogens is 272 g/mol. The molecule has 0 unspecified atom stereocenters. The van der Waals surface area contributed by atoms with E-state index in [1.165, 1.54) is 4.88 Å². The quantitative estimate of drug-likeness (QED) is 0.922. The smallest absolute Gasteiger partial charge is 0.225 e. The fraction of sp³-hybridized carbons (Fsp3) is 0.571. The highest BCUT2D eigenvalue weighted by atomic mass is 32.1. The van der Waals surface area contributed by atoms with Crippen molar-refractivity contribution in [2.75, 3.05) is 30.4 Å². The number of nitrogens with zero attached hydrogens (tertiary/aromatic N) is 3. The van der Waals surface area contributed by atoms with Crippen LogP contribution in [0.5, 0.6) is 0 Å². The van der Waals surface area contributed by atoms with Gasteiger partial charge in [0.25, 0.3) is 0 Å². The zero-order valence-electron chi connectivity index (χ0n) is 12.3. The third-order valence-electron chi connectivity index (χ3n) is 3.44. The topological polar surface area (TPSA) is 50.3 Å². The molecule has 6 heteroatoms. The second-order valence-electron chi connectivity index (χ2n) is 5.36. The van der Waals surface area contributed by atoms with E-state index in [1.54, 1.807) is 11.3 Å². The lowest BCUT2D eigenvalue weighted by molar-refractivity contribution is -0.00536. The summed E-state index contributed by atoms with van der Waals surface area (Å²) < 4.78 is 5.81. The molecule has 5 nitrogen and oxygen atoms in total. The molecule has 0 amide bonds. The average molecular weight is 292 g/mol. The summed E-state index contributed by atoms with van der Waals surface area (Å²) in [5, 5.41) is 4.20. The number of hydrogen-bond acceptors (Lipinski definition) is 6. The van der Waals surface area contributed by atoms with Crippen molar-refractivity contribution in [3.63, 3.8) is 0 Å². The Kier molecular flexibility index (Phi) is 3.52. The number of rotatable bonds is 2. The van der Waals surface area contributed by atoms with Crippen molar-refractivity contribution >= 4 is 33.3 Å². The summed E-state index contributed by atoms with van der Waals surface area (Å²) in [6, 6.07) is 2.18. The number of aryl methyl sites for hydroxylation is 1. The Labute approximate surface area is 123 Å². The number of nitrogens with one attached hydrogen (secondary N) is 1. The molecule has 108 valence electrons. The summed E-state index contributed by atoms with van der Waals surface area (Å²) >= 11 is 1.71. The van der Waals surface area contributed by atoms with Gasteiger partial charge in [0.15, 0.2) is 0 Å². The number of morpholine rings is 1. The standard InChI is InChI=1S/C14H20N4OS/c1-8-6-18(7-9(2)19-8)12-11-5-10(3)20-13(11)17-14(15-4)16-12/h5,8-9H,6-7H2,1-4H3,(H,15,16,17)/t8-,9+. The van der Waals surface area contributed by atoms with Gasteiger partial charge in [-0.2, -0.15) is 4.98 Å². The maximum Gasteiger partial charge on any atom is 0.225 e. The van der Waals surface area contributed by atoms with Gasteiger partial charge in [0.05, 0.1) is 17.6 Å². The predicted octanol–water partition coefficient (Wildman–Crippen LogP) is 2.66. The third kappa shape index (κ3) is 2.45. The van der Waals surface area contributed by atoms with Crippen molar-refractivity contribution < 1.29 is 4.74 Å². The monoisotopic (exact) mass is 292 g/mol. The minimum Gasteiger partial charge on any atom is -0.372 e. The number of ether oxygens (including phenoxy) is 1. The van der Waals surface area contributed by atoms with Crippen LogP contribution in [0.2, 0.25) is 0 Å². The lowest BCUT2D eigenvalue weighted by Crippen LogP contribution is -2.46. The van der Waals surface area contributed by atoms with Crippen LogP contribution in [0, 0.1) is 6.92 Å². The molecule has 2 atom stereocenters. The van der Waals surface area contributed by atoms with Gasteiger partial charge >= 0.3 is 0 Å². The van der Waals surface area contributed by atoms with Crippen LogP contribution in [0.4, 0.5) is 11.8 Å². The fourth-order valence-corrected chi connectivity index (χ4v) is 3.60. The van der Waals surface area contributed by atoms with Crippen molar-refractivity contribution in [2.45, 2.75) is 33.0 Å². The molecule has 0 aliphatic carbocycles. The van der Waals surface area contributed by atoms with Crippen LogP contribution < -0.4 is 10.2 Å². The molecule has 1 saturated heterocycles. The van der Waals surface area contributed by atoms with Gasteiger partial charge in [-0.1, -0.05) is 0 Å². The first-order chi connectivity index (χ1) is 9.56. The predicted molar refractivity (Wildman–Crippen MR) is 83.9 cm³/mol. The van der Waals surface area contributed by atoms with Crippen molar-refractivity contribution in [1.82, 2.24) is 9.97 Å². The van der Waals surface area contributed by atoms with Crippen LogP contribution in [0.15, 0.2) is 6.07 Å². The molecule has 2 aromatic rings. The number of anilines is 2. The van der Waals surface area contributed by atoms with Gasteiger partial charge in [-0.05, 0) is 26.8 Å². The Balaban J connectivity index is 2.08. The normalized spacial score (nSPS) is 23.3. The first-order valence-corrected chi connectivity index (χ1v) is 7.75. The largest absolute Gasteiger partial charge is 0.372 e. The molecule has 0 aromatic carbocycles. The first kappa shape index (κ1) is 13.6.